The predicted octanol–water partition coefficient (Wildman–Crippen LogP) is 3.10. The molecule has 0 saturated carbocycles. The van der Waals surface area contributed by atoms with Crippen molar-refractivity contribution in [3.8, 4) is 0 Å². The molecule has 5 nitrogen and oxygen atoms in total. The number of sulfonamides is 1. The summed E-state index contributed by atoms with van der Waals surface area (Å²) in [7, 11) is -1.39. The van der Waals surface area contributed by atoms with Gasteiger partial charge in [0.1, 0.15) is 0 Å². The SMILES string of the molecule is Cc1ccc(S(=O)(=O)NCC(c2ccc3c(c2)CCN3C)N2CCCC2)cc1. The Morgan fingerprint density at radius 3 is 2.46 bits per heavy atom. The second kappa shape index (κ2) is 7.85. The topological polar surface area (TPSA) is 52.7 Å². The minimum absolute atomic E-state index is 0.0685. The van der Waals surface area contributed by atoms with Gasteiger partial charge in [-0.2, -0.15) is 0 Å². The smallest absolute Gasteiger partial charge is 0.240 e. The first-order chi connectivity index (χ1) is 13.4. The third-order valence-electron chi connectivity index (χ3n) is 6.00. The van der Waals surface area contributed by atoms with Crippen LogP contribution >= 0.6 is 0 Å². The number of likely N-dealkylation sites (tertiary alicyclic amines) is 1. The Labute approximate surface area is 168 Å². The van der Waals surface area contributed by atoms with Crippen molar-refractivity contribution >= 4 is 15.7 Å². The molecule has 1 fully saturated rings. The number of nitrogens with one attached hydrogen (secondary N) is 1. The van der Waals surface area contributed by atoms with E-state index in [9.17, 15) is 8.42 Å². The maximum atomic E-state index is 12.8. The maximum Gasteiger partial charge on any atom is 0.240 e. The summed E-state index contributed by atoms with van der Waals surface area (Å²) in [6.07, 6.45) is 3.41. The maximum absolute atomic E-state index is 12.8. The van der Waals surface area contributed by atoms with Crippen LogP contribution in [0.15, 0.2) is 47.4 Å². The third kappa shape index (κ3) is 3.95. The van der Waals surface area contributed by atoms with Crippen LogP contribution in [0.25, 0.3) is 0 Å². The zero-order valence-corrected chi connectivity index (χ0v) is 17.5. The van der Waals surface area contributed by atoms with Crippen LogP contribution < -0.4 is 9.62 Å². The van der Waals surface area contributed by atoms with E-state index in [4.69, 9.17) is 0 Å². The van der Waals surface area contributed by atoms with Crippen LogP contribution in [0, 0.1) is 6.92 Å². The fourth-order valence-corrected chi connectivity index (χ4v) is 5.33. The zero-order valence-electron chi connectivity index (χ0n) is 16.7. The number of anilines is 1. The molecule has 0 aromatic heterocycles. The van der Waals surface area contributed by atoms with E-state index >= 15 is 0 Å². The highest BCUT2D eigenvalue weighted by Gasteiger charge is 2.27. The van der Waals surface area contributed by atoms with Crippen molar-refractivity contribution in [2.24, 2.45) is 0 Å². The largest absolute Gasteiger partial charge is 0.374 e. The molecule has 1 saturated heterocycles. The van der Waals surface area contributed by atoms with E-state index in [1.54, 1.807) is 12.1 Å². The molecule has 1 unspecified atom stereocenters. The van der Waals surface area contributed by atoms with Crippen molar-refractivity contribution in [3.05, 3.63) is 59.2 Å². The van der Waals surface area contributed by atoms with E-state index in [1.165, 1.54) is 29.7 Å². The number of nitrogens with zero attached hydrogens (tertiary/aromatic N) is 2. The molecule has 2 aliphatic rings. The Balaban J connectivity index is 1.56. The van der Waals surface area contributed by atoms with Crippen molar-refractivity contribution in [1.82, 2.24) is 9.62 Å². The molecule has 2 aromatic carbocycles. The Hall–Kier alpha value is -1.89. The second-order valence-corrected chi connectivity index (χ2v) is 9.75. The Morgan fingerprint density at radius 2 is 1.75 bits per heavy atom. The zero-order chi connectivity index (χ0) is 19.7. The predicted molar refractivity (Wildman–Crippen MR) is 113 cm³/mol. The van der Waals surface area contributed by atoms with E-state index in [0.29, 0.717) is 11.4 Å². The summed E-state index contributed by atoms with van der Waals surface area (Å²) in [5, 5.41) is 0. The number of rotatable bonds is 6. The molecule has 6 heteroatoms. The highest BCUT2D eigenvalue weighted by atomic mass is 32.2. The summed E-state index contributed by atoms with van der Waals surface area (Å²) in [5.41, 5.74) is 4.93. The first kappa shape index (κ1) is 19.4. The van der Waals surface area contributed by atoms with Gasteiger partial charge in [0.05, 0.1) is 4.90 Å². The van der Waals surface area contributed by atoms with Crippen LogP contribution in [0.3, 0.4) is 0 Å². The lowest BCUT2D eigenvalue weighted by molar-refractivity contribution is 0.246. The molecular weight excluding hydrogens is 370 g/mol. The van der Waals surface area contributed by atoms with Gasteiger partial charge in [0, 0.05) is 31.9 Å². The summed E-state index contributed by atoms with van der Waals surface area (Å²) in [6, 6.07) is 13.7. The standard InChI is InChI=1S/C22H29N3O2S/c1-17-5-8-20(9-6-17)28(26,27)23-16-22(25-12-3-4-13-25)18-7-10-21-19(15-18)11-14-24(21)2/h5-10,15,22-23H,3-4,11-14,16H2,1-2H3. The summed E-state index contributed by atoms with van der Waals surface area (Å²) >= 11 is 0. The highest BCUT2D eigenvalue weighted by molar-refractivity contribution is 7.89. The average Bonchev–Trinajstić information content (AvgIpc) is 3.33. The fraction of sp³-hybridized carbons (Fsp3) is 0.455. The Bertz CT molecular complexity index is 935. The molecule has 2 aliphatic heterocycles. The minimum Gasteiger partial charge on any atom is -0.374 e. The number of aryl methyl sites for hydroxylation is 1. The summed E-state index contributed by atoms with van der Waals surface area (Å²) < 4.78 is 28.4. The molecule has 0 bridgehead atoms. The van der Waals surface area contributed by atoms with Crippen molar-refractivity contribution < 1.29 is 8.42 Å². The van der Waals surface area contributed by atoms with Crippen LogP contribution in [0.5, 0.6) is 0 Å². The van der Waals surface area contributed by atoms with Gasteiger partial charge in [0.2, 0.25) is 10.0 Å². The van der Waals surface area contributed by atoms with Crippen molar-refractivity contribution in [2.75, 3.05) is 38.1 Å². The van der Waals surface area contributed by atoms with Crippen LogP contribution in [-0.2, 0) is 16.4 Å². The van der Waals surface area contributed by atoms with Gasteiger partial charge in [0.15, 0.2) is 0 Å². The van der Waals surface area contributed by atoms with Gasteiger partial charge in [-0.3, -0.25) is 4.90 Å². The van der Waals surface area contributed by atoms with Gasteiger partial charge in [-0.25, -0.2) is 13.1 Å². The minimum atomic E-state index is -3.51. The molecule has 1 atom stereocenters. The van der Waals surface area contributed by atoms with Gasteiger partial charge in [0.25, 0.3) is 0 Å². The number of likely N-dealkylation sites (N-methyl/N-ethyl adjacent to an activating group) is 1. The molecule has 0 aliphatic carbocycles. The molecule has 150 valence electrons. The molecule has 4 rings (SSSR count). The molecule has 0 radical (unpaired) electrons. The van der Waals surface area contributed by atoms with Gasteiger partial charge in [-0.1, -0.05) is 29.8 Å². The van der Waals surface area contributed by atoms with Gasteiger partial charge >= 0.3 is 0 Å². The summed E-state index contributed by atoms with van der Waals surface area (Å²) in [6.45, 7) is 5.44. The van der Waals surface area contributed by atoms with Crippen LogP contribution in [0.1, 0.15) is 35.6 Å². The molecular formula is C22H29N3O2S. The van der Waals surface area contributed by atoms with Crippen LogP contribution in [-0.4, -0.2) is 46.5 Å². The number of benzene rings is 2. The summed E-state index contributed by atoms with van der Waals surface area (Å²) in [5.74, 6) is 0. The van der Waals surface area contributed by atoms with Gasteiger partial charge in [-0.15, -0.1) is 0 Å². The normalized spacial score (nSPS) is 18.4. The second-order valence-electron chi connectivity index (χ2n) is 7.98. The van der Waals surface area contributed by atoms with Crippen molar-refractivity contribution in [3.63, 3.8) is 0 Å². The van der Waals surface area contributed by atoms with Gasteiger partial charge < -0.3 is 4.90 Å². The quantitative estimate of drug-likeness (QED) is 0.811. The number of fused-ring (bicyclic) bond motifs is 1. The molecule has 2 aromatic rings. The summed E-state index contributed by atoms with van der Waals surface area (Å²) in [4.78, 5) is 5.02. The van der Waals surface area contributed by atoms with E-state index in [-0.39, 0.29) is 6.04 Å². The Kier molecular flexibility index (Phi) is 5.45. The lowest BCUT2D eigenvalue weighted by Gasteiger charge is -2.29. The van der Waals surface area contributed by atoms with E-state index in [0.717, 1.165) is 31.6 Å². The van der Waals surface area contributed by atoms with Crippen LogP contribution in [0.4, 0.5) is 5.69 Å². The molecule has 0 spiro atoms. The number of hydrogen-bond acceptors (Lipinski definition) is 4. The van der Waals surface area contributed by atoms with Crippen LogP contribution in [0.2, 0.25) is 0 Å². The first-order valence-electron chi connectivity index (χ1n) is 10.1. The average molecular weight is 400 g/mol. The van der Waals surface area contributed by atoms with E-state index in [2.05, 4.69) is 39.8 Å². The van der Waals surface area contributed by atoms with E-state index < -0.39 is 10.0 Å². The van der Waals surface area contributed by atoms with E-state index in [1.807, 2.05) is 19.1 Å². The monoisotopic (exact) mass is 399 g/mol. The van der Waals surface area contributed by atoms with Crippen molar-refractivity contribution in [2.45, 2.75) is 37.1 Å². The first-order valence-corrected chi connectivity index (χ1v) is 11.6. The molecule has 28 heavy (non-hydrogen) atoms. The number of hydrogen-bond donors (Lipinski definition) is 1. The molecule has 1 N–H and O–H groups in total. The lowest BCUT2D eigenvalue weighted by Crippen LogP contribution is -2.36. The highest BCUT2D eigenvalue weighted by Crippen LogP contribution is 2.32. The third-order valence-corrected chi connectivity index (χ3v) is 7.44. The molecule has 2 heterocycles. The van der Waals surface area contributed by atoms with Crippen molar-refractivity contribution in [1.29, 1.82) is 0 Å². The lowest BCUT2D eigenvalue weighted by atomic mass is 10.0. The fourth-order valence-electron chi connectivity index (χ4n) is 4.29. The molecule has 0 amide bonds. The van der Waals surface area contributed by atoms with Gasteiger partial charge in [-0.05, 0) is 68.6 Å². The Morgan fingerprint density at radius 1 is 1.04 bits per heavy atom.